The second-order valence-electron chi connectivity index (χ2n) is 5.25. The fourth-order valence-corrected chi connectivity index (χ4v) is 4.83. The minimum absolute atomic E-state index is 0.112. The molecule has 0 fully saturated rings. The molecule has 2 aromatic carbocycles. The maximum absolute atomic E-state index is 13.5. The minimum atomic E-state index is -11.2. The zero-order valence-electron chi connectivity index (χ0n) is 15.3. The van der Waals surface area contributed by atoms with Crippen LogP contribution in [-0.4, -0.2) is 45.7 Å². The van der Waals surface area contributed by atoms with Crippen molar-refractivity contribution in [1.82, 2.24) is 0 Å². The molecule has 0 atom stereocenters. The van der Waals surface area contributed by atoms with Crippen molar-refractivity contribution in [2.45, 2.75) is 0 Å². The van der Waals surface area contributed by atoms with E-state index in [9.17, 15) is 31.4 Å². The molecular formula is C15H14F7INO5Sb. The number of hydrogen-bond acceptors (Lipinski definition) is 5. The Kier molecular flexibility index (Phi) is 7.73. The summed E-state index contributed by atoms with van der Waals surface area (Å²) in [4.78, 5) is 10.6. The number of benzene rings is 2. The molecule has 0 unspecified atom stereocenters. The van der Waals surface area contributed by atoms with E-state index in [0.29, 0.717) is 24.4 Å². The first-order chi connectivity index (χ1) is 13.4. The van der Waals surface area contributed by atoms with Gasteiger partial charge in [0.2, 0.25) is 0 Å². The van der Waals surface area contributed by atoms with Crippen LogP contribution in [0.5, 0.6) is 17.2 Å². The molecule has 0 spiro atoms. The summed E-state index contributed by atoms with van der Waals surface area (Å²) in [7, 11) is 4.49. The van der Waals surface area contributed by atoms with E-state index in [1.165, 1.54) is 33.5 Å². The number of nitrogens with zero attached hydrogens (tertiary/aromatic N) is 1. The van der Waals surface area contributed by atoms with Gasteiger partial charge in [0.05, 0.1) is 26.3 Å². The SMILES string of the molecule is COc1cc(OC)c([I+]c2cc(F)ccc2[N+](=O)[O-])c(OC)c1.[F][Sb-]([F])([F])([F])([F])[F]. The fraction of sp³-hybridized carbons (Fsp3) is 0.200. The van der Waals surface area contributed by atoms with E-state index in [1.54, 1.807) is 12.1 Å². The Morgan fingerprint density at radius 1 is 0.900 bits per heavy atom. The van der Waals surface area contributed by atoms with Crippen molar-refractivity contribution in [3.8, 4) is 17.2 Å². The normalized spacial score (nSPS) is 13.3. The topological polar surface area (TPSA) is 70.8 Å². The van der Waals surface area contributed by atoms with Crippen molar-refractivity contribution in [2.75, 3.05) is 21.3 Å². The molecule has 0 amide bonds. The fourth-order valence-electron chi connectivity index (χ4n) is 1.86. The Morgan fingerprint density at radius 3 is 1.73 bits per heavy atom. The summed E-state index contributed by atoms with van der Waals surface area (Å²) >= 11 is -12.4. The van der Waals surface area contributed by atoms with Crippen LogP contribution in [0.4, 0.5) is 27.0 Å². The van der Waals surface area contributed by atoms with Crippen molar-refractivity contribution in [3.05, 3.63) is 53.4 Å². The first kappa shape index (κ1) is 26.3. The molecule has 0 aliphatic rings. The van der Waals surface area contributed by atoms with E-state index in [4.69, 9.17) is 14.2 Å². The number of halogens is 8. The van der Waals surface area contributed by atoms with E-state index in [0.717, 1.165) is 6.07 Å². The van der Waals surface area contributed by atoms with Crippen molar-refractivity contribution in [1.29, 1.82) is 0 Å². The molecule has 6 nitrogen and oxygen atoms in total. The number of rotatable bonds is 6. The third kappa shape index (κ3) is 9.87. The quantitative estimate of drug-likeness (QED) is 0.155. The Bertz CT molecular complexity index is 905. The molecule has 170 valence electrons. The van der Waals surface area contributed by atoms with Gasteiger partial charge in [0.15, 0.2) is 11.5 Å². The van der Waals surface area contributed by atoms with Gasteiger partial charge in [0.1, 0.15) is 11.6 Å². The van der Waals surface area contributed by atoms with Crippen LogP contribution in [-0.2, 0) is 0 Å². The van der Waals surface area contributed by atoms with Crippen molar-refractivity contribution >= 4 is 25.2 Å². The van der Waals surface area contributed by atoms with Gasteiger partial charge in [-0.2, -0.15) is 0 Å². The number of nitro groups is 1. The summed E-state index contributed by atoms with van der Waals surface area (Å²) in [6.07, 6.45) is 0. The number of hydrogen-bond donors (Lipinski definition) is 0. The van der Waals surface area contributed by atoms with Gasteiger partial charge < -0.3 is 14.2 Å². The molecule has 15 heteroatoms. The van der Waals surface area contributed by atoms with Crippen LogP contribution in [0, 0.1) is 23.1 Å². The summed E-state index contributed by atoms with van der Waals surface area (Å²) in [5.41, 5.74) is -0.112. The molecule has 0 radical (unpaired) electrons. The predicted octanol–water partition coefficient (Wildman–Crippen LogP) is 2.03. The summed E-state index contributed by atoms with van der Waals surface area (Å²) in [5.74, 6) is 1.01. The molecule has 0 saturated heterocycles. The first-order valence-corrected chi connectivity index (χ1v) is 15.3. The summed E-state index contributed by atoms with van der Waals surface area (Å²) in [6.45, 7) is 0. The third-order valence-electron chi connectivity index (χ3n) is 2.96. The maximum atomic E-state index is 13.5. The van der Waals surface area contributed by atoms with Crippen molar-refractivity contribution in [3.63, 3.8) is 0 Å². The Morgan fingerprint density at radius 2 is 1.37 bits per heavy atom. The summed E-state index contributed by atoms with van der Waals surface area (Å²) < 4.78 is 89.9. The molecule has 2 rings (SSSR count). The number of methoxy groups -OCH3 is 3. The molecule has 0 bridgehead atoms. The van der Waals surface area contributed by atoms with Gasteiger partial charge in [-0.3, -0.25) is 10.1 Å². The van der Waals surface area contributed by atoms with E-state index >= 15 is 0 Å². The molecule has 0 aliphatic carbocycles. The number of ether oxygens (including phenoxy) is 3. The molecular weight excluding hydrogens is 656 g/mol. The third-order valence-corrected chi connectivity index (χ3v) is 6.01. The molecule has 30 heavy (non-hydrogen) atoms. The van der Waals surface area contributed by atoms with Gasteiger partial charge in [-0.1, -0.05) is 0 Å². The Balaban J connectivity index is 0.000000553. The molecule has 2 aromatic rings. The van der Waals surface area contributed by atoms with Crippen LogP contribution < -0.4 is 35.4 Å². The van der Waals surface area contributed by atoms with Gasteiger partial charge in [0.25, 0.3) is 7.14 Å². The number of nitro benzene ring substituents is 1. The van der Waals surface area contributed by atoms with Crippen LogP contribution in [0.1, 0.15) is 0 Å². The zero-order valence-corrected chi connectivity index (χ0v) is 20.1. The van der Waals surface area contributed by atoms with Crippen molar-refractivity contribution < 1.29 is 61.6 Å². The van der Waals surface area contributed by atoms with Gasteiger partial charge in [-0.15, -0.1) is 0 Å². The summed E-state index contributed by atoms with van der Waals surface area (Å²) in [6, 6.07) is 6.78. The van der Waals surface area contributed by atoms with Gasteiger partial charge in [-0.05, 0) is 6.07 Å². The molecule has 0 aliphatic heterocycles. The van der Waals surface area contributed by atoms with Crippen LogP contribution in [0.3, 0.4) is 0 Å². The average Bonchev–Trinajstić information content (AvgIpc) is 2.58. The first-order valence-electron chi connectivity index (χ1n) is 7.40. The molecule has 0 saturated carbocycles. The summed E-state index contributed by atoms with van der Waals surface area (Å²) in [5, 5.41) is 11.2. The second-order valence-corrected chi connectivity index (χ2v) is 13.5. The van der Waals surface area contributed by atoms with Crippen LogP contribution in [0.25, 0.3) is 0 Å². The van der Waals surface area contributed by atoms with Crippen LogP contribution >= 0.6 is 0 Å². The Hall–Kier alpha value is -1.70. The molecule has 0 N–H and O–H groups in total. The Labute approximate surface area is 178 Å². The molecule has 0 aromatic heterocycles. The monoisotopic (exact) mass is 669 g/mol. The van der Waals surface area contributed by atoms with E-state index in [2.05, 4.69) is 0 Å². The zero-order chi connectivity index (χ0) is 23.4. The average molecular weight is 670 g/mol. The van der Waals surface area contributed by atoms with Crippen molar-refractivity contribution in [2.24, 2.45) is 0 Å². The van der Waals surface area contributed by atoms with Crippen LogP contribution in [0.2, 0.25) is 0 Å². The second kappa shape index (κ2) is 8.81. The molecule has 0 heterocycles. The van der Waals surface area contributed by atoms with E-state index in [-0.39, 0.29) is 5.69 Å². The van der Waals surface area contributed by atoms with Gasteiger partial charge in [0, 0.05) is 24.3 Å². The van der Waals surface area contributed by atoms with Gasteiger partial charge >= 0.3 is 63.2 Å². The van der Waals surface area contributed by atoms with Gasteiger partial charge in [-0.25, -0.2) is 4.39 Å². The predicted molar refractivity (Wildman–Crippen MR) is 88.9 cm³/mol. The van der Waals surface area contributed by atoms with E-state index < -0.39 is 51.4 Å². The standard InChI is InChI=1S/C15H14FINO5.6FH.Sb/c1-21-10-7-13(22-2)15(14(8-10)23-3)17-11-6-9(16)4-5-12(11)18(19)20;;;;;;;/h4-8H,1-3H3;6*1H;/q+1;;;;;;;+5/p-6. The van der Waals surface area contributed by atoms with E-state index in [1.807, 2.05) is 0 Å². The van der Waals surface area contributed by atoms with Crippen LogP contribution in [0.15, 0.2) is 30.3 Å².